The molecule has 1 aromatic carbocycles. The molecule has 0 saturated heterocycles. The molecule has 0 bridgehead atoms. The van der Waals surface area contributed by atoms with Gasteiger partial charge in [-0.2, -0.15) is 5.10 Å². The molecule has 0 saturated carbocycles. The SMILES string of the molecule is CC(C)(C)c1cc(NC(=O)OCC(Cl)(Cl)Cl)n(-c2cccc(Cl)c2)n1. The largest absolute Gasteiger partial charge is 0.445 e. The van der Waals surface area contributed by atoms with Crippen molar-refractivity contribution in [3.63, 3.8) is 0 Å². The standard InChI is InChI=1S/C16H17Cl4N3O2/c1-15(2,3)12-8-13(21-14(24)25-9-16(18,19)20)23(22-12)11-6-4-5-10(17)7-11/h4-8H,9H2,1-3H3,(H,21,24). The zero-order valence-corrected chi connectivity index (χ0v) is 16.8. The summed E-state index contributed by atoms with van der Waals surface area (Å²) in [7, 11) is 0. The summed E-state index contributed by atoms with van der Waals surface area (Å²) in [6, 6.07) is 8.86. The Morgan fingerprint density at radius 2 is 1.92 bits per heavy atom. The van der Waals surface area contributed by atoms with E-state index in [4.69, 9.17) is 51.1 Å². The van der Waals surface area contributed by atoms with Gasteiger partial charge in [0.25, 0.3) is 0 Å². The van der Waals surface area contributed by atoms with E-state index >= 15 is 0 Å². The smallest absolute Gasteiger partial charge is 0.412 e. The molecule has 0 aliphatic rings. The summed E-state index contributed by atoms with van der Waals surface area (Å²) in [6.07, 6.45) is -0.755. The number of rotatable bonds is 3. The molecule has 0 spiro atoms. The van der Waals surface area contributed by atoms with E-state index in [9.17, 15) is 4.79 Å². The van der Waals surface area contributed by atoms with E-state index in [0.717, 1.165) is 5.69 Å². The topological polar surface area (TPSA) is 56.1 Å². The van der Waals surface area contributed by atoms with Crippen molar-refractivity contribution in [1.82, 2.24) is 9.78 Å². The van der Waals surface area contributed by atoms with Gasteiger partial charge in [-0.05, 0) is 18.2 Å². The van der Waals surface area contributed by atoms with Crippen LogP contribution in [0.2, 0.25) is 5.02 Å². The highest BCUT2D eigenvalue weighted by molar-refractivity contribution is 6.67. The number of benzene rings is 1. The van der Waals surface area contributed by atoms with Gasteiger partial charge in [-0.1, -0.05) is 73.2 Å². The third-order valence-electron chi connectivity index (χ3n) is 3.13. The van der Waals surface area contributed by atoms with Crippen molar-refractivity contribution in [1.29, 1.82) is 0 Å². The fourth-order valence-electron chi connectivity index (χ4n) is 1.93. The summed E-state index contributed by atoms with van der Waals surface area (Å²) in [6.45, 7) is 5.68. The summed E-state index contributed by atoms with van der Waals surface area (Å²) < 4.78 is 4.80. The summed E-state index contributed by atoms with van der Waals surface area (Å²) in [5.74, 6) is 0.418. The van der Waals surface area contributed by atoms with Gasteiger partial charge in [-0.3, -0.25) is 5.32 Å². The van der Waals surface area contributed by atoms with Crippen LogP contribution in [0.4, 0.5) is 10.6 Å². The molecule has 25 heavy (non-hydrogen) atoms. The Morgan fingerprint density at radius 1 is 1.24 bits per heavy atom. The number of amides is 1. The highest BCUT2D eigenvalue weighted by Crippen LogP contribution is 2.28. The van der Waals surface area contributed by atoms with Gasteiger partial charge < -0.3 is 4.74 Å². The molecular formula is C16H17Cl4N3O2. The van der Waals surface area contributed by atoms with Crippen LogP contribution in [-0.4, -0.2) is 26.3 Å². The molecule has 0 fully saturated rings. The number of hydrogen-bond donors (Lipinski definition) is 1. The molecule has 1 amide bonds. The van der Waals surface area contributed by atoms with Crippen LogP contribution in [-0.2, 0) is 10.2 Å². The Morgan fingerprint density at radius 3 is 2.48 bits per heavy atom. The van der Waals surface area contributed by atoms with Crippen molar-refractivity contribution in [2.24, 2.45) is 0 Å². The predicted molar refractivity (Wildman–Crippen MR) is 103 cm³/mol. The minimum Gasteiger partial charge on any atom is -0.445 e. The first kappa shape index (κ1) is 20.2. The van der Waals surface area contributed by atoms with Gasteiger partial charge in [-0.25, -0.2) is 9.48 Å². The zero-order chi connectivity index (χ0) is 18.8. The van der Waals surface area contributed by atoms with Gasteiger partial charge in [0, 0.05) is 16.5 Å². The van der Waals surface area contributed by atoms with Crippen LogP contribution in [0.1, 0.15) is 26.5 Å². The van der Waals surface area contributed by atoms with Crippen LogP contribution in [0.5, 0.6) is 0 Å². The molecule has 0 radical (unpaired) electrons. The number of anilines is 1. The van der Waals surface area contributed by atoms with Gasteiger partial charge in [0.15, 0.2) is 0 Å². The molecule has 0 unspecified atom stereocenters. The maximum Gasteiger partial charge on any atom is 0.412 e. The van der Waals surface area contributed by atoms with Crippen molar-refractivity contribution in [3.8, 4) is 5.69 Å². The van der Waals surface area contributed by atoms with Gasteiger partial charge in [0.2, 0.25) is 3.79 Å². The third kappa shape index (κ3) is 5.96. The number of aromatic nitrogens is 2. The highest BCUT2D eigenvalue weighted by atomic mass is 35.6. The van der Waals surface area contributed by atoms with E-state index in [2.05, 4.69) is 10.4 Å². The van der Waals surface area contributed by atoms with E-state index in [1.165, 1.54) is 0 Å². The quantitative estimate of drug-likeness (QED) is 0.638. The molecule has 2 aromatic rings. The third-order valence-corrected chi connectivity index (χ3v) is 3.69. The van der Waals surface area contributed by atoms with Crippen molar-refractivity contribution in [3.05, 3.63) is 41.0 Å². The average Bonchev–Trinajstić information content (AvgIpc) is 2.88. The van der Waals surface area contributed by atoms with Crippen molar-refractivity contribution in [2.75, 3.05) is 11.9 Å². The van der Waals surface area contributed by atoms with Crippen LogP contribution < -0.4 is 5.32 Å². The second kappa shape index (κ2) is 7.62. The molecule has 9 heteroatoms. The molecule has 0 atom stereocenters. The Balaban J connectivity index is 2.32. The van der Waals surface area contributed by atoms with Gasteiger partial charge in [0.1, 0.15) is 12.4 Å². The second-order valence-corrected chi connectivity index (χ2v) is 9.33. The van der Waals surface area contributed by atoms with E-state index in [-0.39, 0.29) is 12.0 Å². The molecule has 0 aliphatic carbocycles. The fourth-order valence-corrected chi connectivity index (χ4v) is 2.28. The van der Waals surface area contributed by atoms with Gasteiger partial charge in [-0.15, -0.1) is 0 Å². The van der Waals surface area contributed by atoms with Crippen molar-refractivity contribution < 1.29 is 9.53 Å². The molecule has 5 nitrogen and oxygen atoms in total. The summed E-state index contributed by atoms with van der Waals surface area (Å²) >= 11 is 22.8. The number of nitrogens with zero attached hydrogens (tertiary/aromatic N) is 2. The number of carbonyl (C=O) groups is 1. The molecule has 1 N–H and O–H groups in total. The van der Waals surface area contributed by atoms with E-state index < -0.39 is 9.89 Å². The second-order valence-electron chi connectivity index (χ2n) is 6.37. The summed E-state index contributed by atoms with van der Waals surface area (Å²) in [4.78, 5) is 12.0. The average molecular weight is 425 g/mol. The maximum atomic E-state index is 12.0. The first-order chi connectivity index (χ1) is 11.5. The van der Waals surface area contributed by atoms with E-state index in [0.29, 0.717) is 16.5 Å². The van der Waals surface area contributed by atoms with Crippen LogP contribution in [0.3, 0.4) is 0 Å². The lowest BCUT2D eigenvalue weighted by atomic mass is 9.92. The summed E-state index contributed by atoms with van der Waals surface area (Å²) in [5, 5.41) is 7.73. The normalized spacial score (nSPS) is 12.1. The molecule has 136 valence electrons. The van der Waals surface area contributed by atoms with Gasteiger partial charge >= 0.3 is 6.09 Å². The van der Waals surface area contributed by atoms with Crippen LogP contribution in [0.25, 0.3) is 5.69 Å². The number of alkyl halides is 3. The molecular weight excluding hydrogens is 408 g/mol. The minimum absolute atomic E-state index is 0.221. The first-order valence-corrected chi connectivity index (χ1v) is 8.84. The Labute approximate surface area is 166 Å². The minimum atomic E-state index is -1.68. The molecule has 1 heterocycles. The fraction of sp³-hybridized carbons (Fsp3) is 0.375. The van der Waals surface area contributed by atoms with Crippen molar-refractivity contribution >= 4 is 58.3 Å². The van der Waals surface area contributed by atoms with Crippen LogP contribution >= 0.6 is 46.4 Å². The van der Waals surface area contributed by atoms with Crippen LogP contribution in [0.15, 0.2) is 30.3 Å². The van der Waals surface area contributed by atoms with Crippen LogP contribution in [0, 0.1) is 0 Å². The van der Waals surface area contributed by atoms with E-state index in [1.807, 2.05) is 26.8 Å². The number of nitrogens with one attached hydrogen (secondary N) is 1. The highest BCUT2D eigenvalue weighted by Gasteiger charge is 2.24. The molecule has 0 aliphatic heterocycles. The monoisotopic (exact) mass is 423 g/mol. The first-order valence-electron chi connectivity index (χ1n) is 7.33. The maximum absolute atomic E-state index is 12.0. The number of carbonyl (C=O) groups excluding carboxylic acids is 1. The Bertz CT molecular complexity index is 763. The molecule has 1 aromatic heterocycles. The lowest BCUT2D eigenvalue weighted by Crippen LogP contribution is -2.22. The van der Waals surface area contributed by atoms with Gasteiger partial charge in [0.05, 0.1) is 11.4 Å². The lowest BCUT2D eigenvalue weighted by Gasteiger charge is -2.14. The summed E-state index contributed by atoms with van der Waals surface area (Å²) in [5.41, 5.74) is 1.26. The molecule has 2 rings (SSSR count). The zero-order valence-electron chi connectivity index (χ0n) is 13.8. The van der Waals surface area contributed by atoms with Crippen molar-refractivity contribution in [2.45, 2.75) is 30.0 Å². The number of hydrogen-bond acceptors (Lipinski definition) is 3. The number of ether oxygens (including phenoxy) is 1. The lowest BCUT2D eigenvalue weighted by molar-refractivity contribution is 0.163. The Kier molecular flexibility index (Phi) is 6.15. The predicted octanol–water partition coefficient (Wildman–Crippen LogP) is 5.74. The number of halogens is 4. The van der Waals surface area contributed by atoms with E-state index in [1.54, 1.807) is 28.9 Å². The Hall–Kier alpha value is -1.14.